The molecule has 0 aliphatic rings. The second kappa shape index (κ2) is 7.02. The second-order valence-corrected chi connectivity index (χ2v) is 6.83. The van der Waals surface area contributed by atoms with Crippen molar-refractivity contribution in [2.75, 3.05) is 19.3 Å². The number of rotatable bonds is 8. The Labute approximate surface area is 115 Å². The molecule has 7 heteroatoms. The van der Waals surface area contributed by atoms with Crippen LogP contribution in [0.4, 0.5) is 0 Å². The summed E-state index contributed by atoms with van der Waals surface area (Å²) < 4.78 is 26.2. The predicted molar refractivity (Wildman–Crippen MR) is 76.6 cm³/mol. The smallest absolute Gasteiger partial charge is 0.208 e. The molecule has 0 unspecified atom stereocenters. The summed E-state index contributed by atoms with van der Waals surface area (Å²) in [6, 6.07) is 0.536. The zero-order valence-electron chi connectivity index (χ0n) is 12.0. The molecular formula is C12H24N4O2S. The minimum Gasteiger partial charge on any atom is -0.312 e. The summed E-state index contributed by atoms with van der Waals surface area (Å²) in [7, 11) is -3.07. The van der Waals surface area contributed by atoms with Crippen molar-refractivity contribution >= 4 is 10.0 Å². The number of hydrogen-bond acceptors (Lipinski definition) is 4. The van der Waals surface area contributed by atoms with Crippen LogP contribution < -0.4 is 10.0 Å². The Bertz CT molecular complexity index is 484. The summed E-state index contributed by atoms with van der Waals surface area (Å²) in [5, 5.41) is 7.68. The molecule has 0 amide bonds. The fourth-order valence-electron chi connectivity index (χ4n) is 1.73. The monoisotopic (exact) mass is 288 g/mol. The van der Waals surface area contributed by atoms with Gasteiger partial charge in [0.2, 0.25) is 10.0 Å². The lowest BCUT2D eigenvalue weighted by Crippen LogP contribution is -2.36. The molecule has 0 aliphatic carbocycles. The molecule has 2 N–H and O–H groups in total. The van der Waals surface area contributed by atoms with E-state index < -0.39 is 10.0 Å². The molecular weight excluding hydrogens is 264 g/mol. The minimum atomic E-state index is -3.07. The van der Waals surface area contributed by atoms with E-state index in [1.165, 1.54) is 6.26 Å². The van der Waals surface area contributed by atoms with Crippen LogP contribution >= 0.6 is 0 Å². The Morgan fingerprint density at radius 1 is 1.37 bits per heavy atom. The molecule has 110 valence electrons. The van der Waals surface area contributed by atoms with E-state index >= 15 is 0 Å². The third kappa shape index (κ3) is 6.17. The van der Waals surface area contributed by atoms with Crippen molar-refractivity contribution in [1.29, 1.82) is 0 Å². The van der Waals surface area contributed by atoms with E-state index in [-0.39, 0.29) is 12.1 Å². The topological polar surface area (TPSA) is 76.0 Å². The summed E-state index contributed by atoms with van der Waals surface area (Å²) in [5.41, 5.74) is 1.15. The number of aryl methyl sites for hydroxylation is 1. The first-order valence-electron chi connectivity index (χ1n) is 6.48. The first kappa shape index (κ1) is 16.1. The molecule has 1 aromatic rings. The number of nitrogens with zero attached hydrogens (tertiary/aromatic N) is 2. The quantitative estimate of drug-likeness (QED) is 0.689. The lowest BCUT2D eigenvalue weighted by Gasteiger charge is -2.21. The van der Waals surface area contributed by atoms with Crippen LogP contribution in [-0.4, -0.2) is 43.6 Å². The van der Waals surface area contributed by atoms with E-state index in [4.69, 9.17) is 0 Å². The molecule has 0 saturated carbocycles. The van der Waals surface area contributed by atoms with Gasteiger partial charge in [0.05, 0.1) is 18.5 Å². The van der Waals surface area contributed by atoms with E-state index in [1.54, 1.807) is 0 Å². The summed E-state index contributed by atoms with van der Waals surface area (Å²) in [6.45, 7) is 7.47. The maximum atomic E-state index is 10.9. The van der Waals surface area contributed by atoms with Gasteiger partial charge in [0.1, 0.15) is 0 Å². The zero-order valence-corrected chi connectivity index (χ0v) is 12.9. The molecule has 1 aromatic heterocycles. The van der Waals surface area contributed by atoms with Gasteiger partial charge in [-0.15, -0.1) is 0 Å². The van der Waals surface area contributed by atoms with Gasteiger partial charge in [-0.1, -0.05) is 0 Å². The minimum absolute atomic E-state index is 0.261. The number of nitrogens with one attached hydrogen (secondary N) is 2. The summed E-state index contributed by atoms with van der Waals surface area (Å²) in [5.74, 6) is 0. The zero-order chi connectivity index (χ0) is 14.5. The third-order valence-corrected chi connectivity index (χ3v) is 3.78. The Balaban J connectivity index is 2.26. The molecule has 1 rings (SSSR count). The van der Waals surface area contributed by atoms with Crippen LogP contribution in [0.15, 0.2) is 12.4 Å². The SMILES string of the molecule is Cc1cnn([C@H](C)[C@H](C)NCCCNS(C)(=O)=O)c1. The number of sulfonamides is 1. The van der Waals surface area contributed by atoms with Crippen molar-refractivity contribution in [2.24, 2.45) is 0 Å². The highest BCUT2D eigenvalue weighted by molar-refractivity contribution is 7.88. The first-order valence-corrected chi connectivity index (χ1v) is 8.37. The molecule has 0 spiro atoms. The Hall–Kier alpha value is -0.920. The Morgan fingerprint density at radius 2 is 2.05 bits per heavy atom. The van der Waals surface area contributed by atoms with Crippen LogP contribution in [0.3, 0.4) is 0 Å². The van der Waals surface area contributed by atoms with Crippen molar-refractivity contribution in [3.63, 3.8) is 0 Å². The standard InChI is InChI=1S/C12H24N4O2S/c1-10-8-14-16(9-10)12(3)11(2)13-6-5-7-15-19(4,17)18/h8-9,11-13,15H,5-7H2,1-4H3/t11-,12+/m0/s1. The van der Waals surface area contributed by atoms with Crippen molar-refractivity contribution in [2.45, 2.75) is 39.3 Å². The largest absolute Gasteiger partial charge is 0.312 e. The van der Waals surface area contributed by atoms with Gasteiger partial charge >= 0.3 is 0 Å². The summed E-state index contributed by atoms with van der Waals surface area (Å²) >= 11 is 0. The van der Waals surface area contributed by atoms with Crippen LogP contribution in [0.25, 0.3) is 0 Å². The van der Waals surface area contributed by atoms with Gasteiger partial charge in [0.15, 0.2) is 0 Å². The highest BCUT2D eigenvalue weighted by Gasteiger charge is 2.13. The molecule has 2 atom stereocenters. The molecule has 6 nitrogen and oxygen atoms in total. The van der Waals surface area contributed by atoms with Crippen molar-refractivity contribution < 1.29 is 8.42 Å². The van der Waals surface area contributed by atoms with Crippen LogP contribution in [0.5, 0.6) is 0 Å². The Morgan fingerprint density at radius 3 is 2.58 bits per heavy atom. The van der Waals surface area contributed by atoms with Crippen LogP contribution in [-0.2, 0) is 10.0 Å². The van der Waals surface area contributed by atoms with Crippen molar-refractivity contribution in [3.05, 3.63) is 18.0 Å². The molecule has 0 aromatic carbocycles. The molecule has 0 saturated heterocycles. The highest BCUT2D eigenvalue weighted by Crippen LogP contribution is 2.10. The molecule has 0 aliphatic heterocycles. The van der Waals surface area contributed by atoms with Gasteiger partial charge in [-0.05, 0) is 39.3 Å². The van der Waals surface area contributed by atoms with Gasteiger partial charge in [0.25, 0.3) is 0 Å². The fraction of sp³-hybridized carbons (Fsp3) is 0.750. The lowest BCUT2D eigenvalue weighted by atomic mass is 10.1. The first-order chi connectivity index (χ1) is 8.79. The van der Waals surface area contributed by atoms with E-state index in [9.17, 15) is 8.42 Å². The maximum Gasteiger partial charge on any atom is 0.208 e. The molecule has 0 fully saturated rings. The van der Waals surface area contributed by atoms with E-state index in [0.717, 1.165) is 18.5 Å². The van der Waals surface area contributed by atoms with E-state index in [1.807, 2.05) is 24.0 Å². The fourth-order valence-corrected chi connectivity index (χ4v) is 2.25. The third-order valence-electron chi connectivity index (χ3n) is 3.06. The van der Waals surface area contributed by atoms with Gasteiger partial charge in [-0.3, -0.25) is 4.68 Å². The van der Waals surface area contributed by atoms with Gasteiger partial charge < -0.3 is 5.32 Å². The van der Waals surface area contributed by atoms with Gasteiger partial charge in [-0.2, -0.15) is 5.10 Å². The van der Waals surface area contributed by atoms with Crippen molar-refractivity contribution in [1.82, 2.24) is 19.8 Å². The Kier molecular flexibility index (Phi) is 5.96. The van der Waals surface area contributed by atoms with Crippen LogP contribution in [0.2, 0.25) is 0 Å². The van der Waals surface area contributed by atoms with Gasteiger partial charge in [-0.25, -0.2) is 13.1 Å². The molecule has 1 heterocycles. The average molecular weight is 288 g/mol. The summed E-state index contributed by atoms with van der Waals surface area (Å²) in [4.78, 5) is 0. The molecule has 19 heavy (non-hydrogen) atoms. The predicted octanol–water partition coefficient (Wildman–Crippen LogP) is 0.670. The normalized spacial score (nSPS) is 15.4. The average Bonchev–Trinajstić information content (AvgIpc) is 2.72. The van der Waals surface area contributed by atoms with E-state index in [2.05, 4.69) is 29.0 Å². The summed E-state index contributed by atoms with van der Waals surface area (Å²) in [6.07, 6.45) is 5.81. The molecule has 0 radical (unpaired) electrons. The maximum absolute atomic E-state index is 10.9. The van der Waals surface area contributed by atoms with Crippen LogP contribution in [0, 0.1) is 6.92 Å². The lowest BCUT2D eigenvalue weighted by molar-refractivity contribution is 0.365. The second-order valence-electron chi connectivity index (χ2n) is 5.00. The number of aromatic nitrogens is 2. The molecule has 0 bridgehead atoms. The van der Waals surface area contributed by atoms with Crippen molar-refractivity contribution in [3.8, 4) is 0 Å². The number of hydrogen-bond donors (Lipinski definition) is 2. The highest BCUT2D eigenvalue weighted by atomic mass is 32.2. The van der Waals surface area contributed by atoms with E-state index in [0.29, 0.717) is 6.54 Å². The van der Waals surface area contributed by atoms with Crippen LogP contribution in [0.1, 0.15) is 31.9 Å². The van der Waals surface area contributed by atoms with Gasteiger partial charge in [0, 0.05) is 18.8 Å².